The number of hydrogen-bond acceptors (Lipinski definition) is 4. The maximum Gasteiger partial charge on any atom is 0.695 e. The number of carbonyl (C=O) groups is 1. The minimum absolute atomic E-state index is 0.117. The molecule has 0 saturated carbocycles. The lowest BCUT2D eigenvalue weighted by molar-refractivity contribution is 0.0889. The Labute approximate surface area is 68.9 Å². The van der Waals surface area contributed by atoms with E-state index in [-0.39, 0.29) is 5.76 Å². The number of furan rings is 1. The second kappa shape index (κ2) is 4.11. The quantitative estimate of drug-likeness (QED) is 0.567. The molecule has 1 aromatic heterocycles. The lowest BCUT2D eigenvalue weighted by Gasteiger charge is -1.87. The van der Waals surface area contributed by atoms with Crippen LogP contribution in [0.4, 0.5) is 0 Å². The molecule has 0 aliphatic heterocycles. The number of hydrogen-bond donors (Lipinski definition) is 1. The molecule has 6 heteroatoms. The maximum atomic E-state index is 11.0. The molecule has 1 aromatic rings. The highest BCUT2D eigenvalue weighted by Gasteiger charge is 2.18. The van der Waals surface area contributed by atoms with Crippen LogP contribution < -0.4 is 0 Å². The topological polar surface area (TPSA) is 76.7 Å². The lowest BCUT2D eigenvalue weighted by Crippen LogP contribution is -2.04. The van der Waals surface area contributed by atoms with Crippen molar-refractivity contribution in [2.75, 3.05) is 6.61 Å². The van der Waals surface area contributed by atoms with Gasteiger partial charge in [0.25, 0.3) is 0 Å². The number of carbonyl (C=O) groups excluding carboxylic acids is 1. The third-order valence-corrected chi connectivity index (χ3v) is 1.45. The fraction of sp³-hybridized carbons (Fsp3) is 0.167. The summed E-state index contributed by atoms with van der Waals surface area (Å²) in [6.45, 7) is -0.445. The summed E-state index contributed by atoms with van der Waals surface area (Å²) in [5.41, 5.74) is 0. The van der Waals surface area contributed by atoms with E-state index >= 15 is 0 Å². The van der Waals surface area contributed by atoms with Crippen molar-refractivity contribution < 1.29 is 23.2 Å². The molecule has 1 rings (SSSR count). The zero-order valence-electron chi connectivity index (χ0n) is 5.97. The van der Waals surface area contributed by atoms with E-state index in [1.807, 2.05) is 0 Å². The highest BCUT2D eigenvalue weighted by Crippen LogP contribution is 2.14. The molecule has 1 N–H and O–H groups in total. The SMILES string of the molecule is O=C(CO[P+](=O)O)c1ccco1. The van der Waals surface area contributed by atoms with Gasteiger partial charge in [0.05, 0.1) is 6.26 Å². The summed E-state index contributed by atoms with van der Waals surface area (Å²) < 4.78 is 18.9. The minimum Gasteiger partial charge on any atom is -0.461 e. The third kappa shape index (κ3) is 2.54. The van der Waals surface area contributed by atoms with Crippen LogP contribution in [-0.4, -0.2) is 17.3 Å². The van der Waals surface area contributed by atoms with Gasteiger partial charge in [0.1, 0.15) is 0 Å². The van der Waals surface area contributed by atoms with E-state index in [1.54, 1.807) is 6.07 Å². The molecule has 0 radical (unpaired) electrons. The smallest absolute Gasteiger partial charge is 0.461 e. The van der Waals surface area contributed by atoms with Crippen LogP contribution in [0, 0.1) is 0 Å². The average molecular weight is 189 g/mol. The van der Waals surface area contributed by atoms with Gasteiger partial charge in [-0.3, -0.25) is 4.79 Å². The first-order valence-electron chi connectivity index (χ1n) is 3.06. The minimum atomic E-state index is -2.72. The Hall–Kier alpha value is -1.03. The van der Waals surface area contributed by atoms with Crippen LogP contribution in [-0.2, 0) is 9.09 Å². The van der Waals surface area contributed by atoms with E-state index < -0.39 is 20.6 Å². The molecule has 1 heterocycles. The standard InChI is InChI=1S/C6H5O5P/c7-5(4-11-12(8)9)6-2-1-3-10-6/h1-3H,4H2/p+1. The van der Waals surface area contributed by atoms with Crippen molar-refractivity contribution in [2.45, 2.75) is 0 Å². The lowest BCUT2D eigenvalue weighted by atomic mass is 10.3. The number of Topliss-reactive ketones (excluding diaryl/α,β-unsaturated/α-hetero) is 1. The third-order valence-electron chi connectivity index (χ3n) is 1.10. The first kappa shape index (κ1) is 9.06. The number of rotatable bonds is 4. The molecular weight excluding hydrogens is 183 g/mol. The Kier molecular flexibility index (Phi) is 3.10. The molecule has 64 valence electrons. The molecule has 0 aromatic carbocycles. The largest absolute Gasteiger partial charge is 0.695 e. The average Bonchev–Trinajstić information content (AvgIpc) is 2.51. The molecule has 0 saturated heterocycles. The monoisotopic (exact) mass is 189 g/mol. The van der Waals surface area contributed by atoms with Crippen molar-refractivity contribution in [1.82, 2.24) is 0 Å². The number of ketones is 1. The van der Waals surface area contributed by atoms with Gasteiger partial charge in [0, 0.05) is 4.57 Å². The molecular formula is C6H6O5P+. The van der Waals surface area contributed by atoms with Crippen molar-refractivity contribution in [1.29, 1.82) is 0 Å². The van der Waals surface area contributed by atoms with Crippen molar-refractivity contribution in [3.63, 3.8) is 0 Å². The van der Waals surface area contributed by atoms with E-state index in [4.69, 9.17) is 9.31 Å². The summed E-state index contributed by atoms with van der Waals surface area (Å²) in [5.74, 6) is -0.343. The molecule has 0 spiro atoms. The fourth-order valence-electron chi connectivity index (χ4n) is 0.622. The van der Waals surface area contributed by atoms with Gasteiger partial charge >= 0.3 is 8.25 Å². The van der Waals surface area contributed by atoms with Gasteiger partial charge in [-0.15, -0.1) is 9.42 Å². The van der Waals surface area contributed by atoms with Gasteiger partial charge in [0.2, 0.25) is 5.78 Å². The zero-order valence-corrected chi connectivity index (χ0v) is 6.86. The maximum absolute atomic E-state index is 11.0. The van der Waals surface area contributed by atoms with Crippen molar-refractivity contribution in [2.24, 2.45) is 0 Å². The normalized spacial score (nSPS) is 11.2. The van der Waals surface area contributed by atoms with Gasteiger partial charge in [0.15, 0.2) is 12.4 Å². The zero-order chi connectivity index (χ0) is 8.97. The van der Waals surface area contributed by atoms with Gasteiger partial charge < -0.3 is 4.42 Å². The molecule has 0 bridgehead atoms. The van der Waals surface area contributed by atoms with Crippen molar-refractivity contribution >= 4 is 14.0 Å². The van der Waals surface area contributed by atoms with Gasteiger partial charge in [-0.25, -0.2) is 0 Å². The summed E-state index contributed by atoms with van der Waals surface area (Å²) >= 11 is 0. The molecule has 5 nitrogen and oxygen atoms in total. The second-order valence-corrected chi connectivity index (χ2v) is 2.65. The molecule has 0 amide bonds. The van der Waals surface area contributed by atoms with Gasteiger partial charge in [-0.1, -0.05) is 0 Å². The van der Waals surface area contributed by atoms with E-state index in [1.165, 1.54) is 12.3 Å². The van der Waals surface area contributed by atoms with Crippen LogP contribution in [0.25, 0.3) is 0 Å². The molecule has 0 aliphatic carbocycles. The Morgan fingerprint density at radius 3 is 3.00 bits per heavy atom. The highest BCUT2D eigenvalue weighted by molar-refractivity contribution is 7.32. The second-order valence-electron chi connectivity index (χ2n) is 1.91. The van der Waals surface area contributed by atoms with Crippen LogP contribution in [0.3, 0.4) is 0 Å². The van der Waals surface area contributed by atoms with Gasteiger partial charge in [-0.2, -0.15) is 0 Å². The van der Waals surface area contributed by atoms with Crippen LogP contribution in [0.5, 0.6) is 0 Å². The van der Waals surface area contributed by atoms with Crippen LogP contribution in [0.1, 0.15) is 10.6 Å². The first-order chi connectivity index (χ1) is 5.70. The van der Waals surface area contributed by atoms with E-state index in [0.29, 0.717) is 0 Å². The molecule has 1 atom stereocenters. The molecule has 0 fully saturated rings. The summed E-state index contributed by atoms with van der Waals surface area (Å²) in [6, 6.07) is 3.00. The summed E-state index contributed by atoms with van der Waals surface area (Å²) in [4.78, 5) is 19.2. The predicted molar refractivity (Wildman–Crippen MR) is 38.8 cm³/mol. The summed E-state index contributed by atoms with van der Waals surface area (Å²) in [5, 5.41) is 0. The fourth-order valence-corrected chi connectivity index (χ4v) is 0.850. The summed E-state index contributed by atoms with van der Waals surface area (Å²) in [7, 11) is -2.72. The van der Waals surface area contributed by atoms with Crippen LogP contribution >= 0.6 is 8.25 Å². The Bertz CT molecular complexity index is 278. The highest BCUT2D eigenvalue weighted by atomic mass is 31.1. The van der Waals surface area contributed by atoms with E-state index in [9.17, 15) is 9.36 Å². The first-order valence-corrected chi connectivity index (χ1v) is 4.19. The molecule has 1 unspecified atom stereocenters. The van der Waals surface area contributed by atoms with E-state index in [0.717, 1.165) is 0 Å². The van der Waals surface area contributed by atoms with Crippen LogP contribution in [0.15, 0.2) is 22.8 Å². The Morgan fingerprint density at radius 2 is 2.50 bits per heavy atom. The molecule has 0 aliphatic rings. The predicted octanol–water partition coefficient (Wildman–Crippen LogP) is 1.13. The van der Waals surface area contributed by atoms with E-state index in [2.05, 4.69) is 4.52 Å². The van der Waals surface area contributed by atoms with Gasteiger partial charge in [-0.05, 0) is 12.1 Å². The van der Waals surface area contributed by atoms with Crippen molar-refractivity contribution in [3.05, 3.63) is 24.2 Å². The summed E-state index contributed by atoms with van der Waals surface area (Å²) in [6.07, 6.45) is 1.34. The Balaban J connectivity index is 2.45. The Morgan fingerprint density at radius 1 is 1.75 bits per heavy atom. The van der Waals surface area contributed by atoms with Crippen LogP contribution in [0.2, 0.25) is 0 Å². The molecule has 12 heavy (non-hydrogen) atoms. The van der Waals surface area contributed by atoms with Crippen molar-refractivity contribution in [3.8, 4) is 0 Å².